The van der Waals surface area contributed by atoms with E-state index in [1.54, 1.807) is 53.6 Å². The molecular weight excluding hydrogens is 522 g/mol. The van der Waals surface area contributed by atoms with Gasteiger partial charge in [-0.2, -0.15) is 0 Å². The Morgan fingerprint density at radius 1 is 1.05 bits per heavy atom. The summed E-state index contributed by atoms with van der Waals surface area (Å²) in [6.45, 7) is 1.34. The molecule has 0 aliphatic carbocycles. The van der Waals surface area contributed by atoms with E-state index in [0.717, 1.165) is 6.42 Å². The van der Waals surface area contributed by atoms with Crippen LogP contribution >= 0.6 is 11.6 Å². The van der Waals surface area contributed by atoms with Crippen molar-refractivity contribution in [1.29, 1.82) is 0 Å². The molecule has 1 amide bonds. The van der Waals surface area contributed by atoms with Crippen LogP contribution in [0.4, 0.5) is 20.4 Å². The summed E-state index contributed by atoms with van der Waals surface area (Å²) < 4.78 is 29.5. The van der Waals surface area contributed by atoms with Gasteiger partial charge in [0, 0.05) is 58.3 Å². The minimum Gasteiger partial charge on any atom is -0.337 e. The number of carbonyl (C=O) groups is 1. The van der Waals surface area contributed by atoms with Crippen LogP contribution in [0.15, 0.2) is 71.9 Å². The van der Waals surface area contributed by atoms with Crippen LogP contribution in [0.3, 0.4) is 0 Å². The number of hydrogen-bond donors (Lipinski definition) is 2. The number of fused-ring (bicyclic) bond motifs is 3. The molecule has 7 nitrogen and oxygen atoms in total. The van der Waals surface area contributed by atoms with E-state index in [4.69, 9.17) is 22.3 Å². The maximum absolute atomic E-state index is 14.8. The van der Waals surface area contributed by atoms with Crippen molar-refractivity contribution in [3.8, 4) is 11.3 Å². The van der Waals surface area contributed by atoms with E-state index in [1.807, 2.05) is 0 Å². The SMILES string of the molecule is NC1CCN(C(=O)c2ccc(Nc3ncc4c(n3)-c3ccc(Cl)cc3C(c3c(F)cccc3F)=NC4)cc2)C1. The quantitative estimate of drug-likeness (QED) is 0.361. The van der Waals surface area contributed by atoms with Gasteiger partial charge < -0.3 is 16.0 Å². The van der Waals surface area contributed by atoms with Crippen molar-refractivity contribution in [2.75, 3.05) is 18.4 Å². The Hall–Kier alpha value is -4.21. The summed E-state index contributed by atoms with van der Waals surface area (Å²) in [6.07, 6.45) is 2.44. The normalized spacial score (nSPS) is 16.3. The lowest BCUT2D eigenvalue weighted by atomic mass is 9.95. The van der Waals surface area contributed by atoms with Gasteiger partial charge in [-0.3, -0.25) is 9.79 Å². The van der Waals surface area contributed by atoms with Gasteiger partial charge in [0.15, 0.2) is 0 Å². The molecule has 1 unspecified atom stereocenters. The number of hydrogen-bond acceptors (Lipinski definition) is 6. The molecule has 2 aliphatic rings. The Kier molecular flexibility index (Phi) is 6.54. The summed E-state index contributed by atoms with van der Waals surface area (Å²) in [7, 11) is 0. The van der Waals surface area contributed by atoms with Gasteiger partial charge in [-0.25, -0.2) is 18.7 Å². The number of benzene rings is 3. The number of rotatable bonds is 4. The minimum absolute atomic E-state index is 0.0219. The first-order chi connectivity index (χ1) is 18.9. The maximum atomic E-state index is 14.8. The lowest BCUT2D eigenvalue weighted by molar-refractivity contribution is 0.0791. The van der Waals surface area contributed by atoms with E-state index in [2.05, 4.69) is 15.3 Å². The zero-order valence-corrected chi connectivity index (χ0v) is 21.4. The molecule has 0 saturated carbocycles. The number of amides is 1. The summed E-state index contributed by atoms with van der Waals surface area (Å²) in [5.41, 5.74) is 9.52. The van der Waals surface area contributed by atoms with Crippen molar-refractivity contribution < 1.29 is 13.6 Å². The third-order valence-corrected chi connectivity index (χ3v) is 7.10. The Labute approximate surface area is 228 Å². The summed E-state index contributed by atoms with van der Waals surface area (Å²) >= 11 is 6.29. The molecule has 0 spiro atoms. The Balaban J connectivity index is 1.31. The van der Waals surface area contributed by atoms with Gasteiger partial charge in [-0.15, -0.1) is 0 Å². The second kappa shape index (κ2) is 10.2. The second-order valence-corrected chi connectivity index (χ2v) is 9.96. The molecule has 6 rings (SSSR count). The standard InChI is InChI=1S/C29H23ClF2N6O/c30-18-6-9-21-22(12-18)27(25-23(31)2-1-3-24(25)32)34-13-17-14-35-29(37-26(17)21)36-20-7-4-16(5-8-20)28(39)38-11-10-19(33)15-38/h1-9,12,14,19H,10-11,13,15,33H2,(H,35,36,37). The lowest BCUT2D eigenvalue weighted by Gasteiger charge is -2.16. The lowest BCUT2D eigenvalue weighted by Crippen LogP contribution is -2.31. The monoisotopic (exact) mass is 544 g/mol. The van der Waals surface area contributed by atoms with Crippen LogP contribution in [0.2, 0.25) is 5.02 Å². The number of nitrogens with one attached hydrogen (secondary N) is 1. The third kappa shape index (κ3) is 4.86. The maximum Gasteiger partial charge on any atom is 0.253 e. The van der Waals surface area contributed by atoms with Crippen molar-refractivity contribution in [3.05, 3.63) is 106 Å². The zero-order chi connectivity index (χ0) is 27.1. The molecule has 10 heteroatoms. The minimum atomic E-state index is -0.714. The number of halogens is 3. The Morgan fingerprint density at radius 3 is 2.54 bits per heavy atom. The number of aromatic nitrogens is 2. The largest absolute Gasteiger partial charge is 0.337 e. The molecule has 39 heavy (non-hydrogen) atoms. The fourth-order valence-corrected chi connectivity index (χ4v) is 5.07. The van der Waals surface area contributed by atoms with Crippen LogP contribution in [-0.2, 0) is 6.54 Å². The van der Waals surface area contributed by atoms with Gasteiger partial charge in [0.05, 0.1) is 23.5 Å². The summed E-state index contributed by atoms with van der Waals surface area (Å²) in [4.78, 5) is 28.2. The van der Waals surface area contributed by atoms with E-state index < -0.39 is 11.6 Å². The molecule has 0 bridgehead atoms. The van der Waals surface area contributed by atoms with Crippen molar-refractivity contribution in [1.82, 2.24) is 14.9 Å². The highest BCUT2D eigenvalue weighted by Crippen LogP contribution is 2.34. The number of nitrogens with zero attached hydrogens (tertiary/aromatic N) is 4. The van der Waals surface area contributed by atoms with E-state index in [9.17, 15) is 13.6 Å². The predicted octanol–water partition coefficient (Wildman–Crippen LogP) is 5.34. The van der Waals surface area contributed by atoms with Gasteiger partial charge in [-0.1, -0.05) is 23.7 Å². The number of carbonyl (C=O) groups excluding carboxylic acids is 1. The smallest absolute Gasteiger partial charge is 0.253 e. The number of nitrogens with two attached hydrogens (primary N) is 1. The van der Waals surface area contributed by atoms with Gasteiger partial charge in [0.25, 0.3) is 5.91 Å². The first-order valence-corrected chi connectivity index (χ1v) is 12.8. The molecule has 1 saturated heterocycles. The average molecular weight is 545 g/mol. The third-order valence-electron chi connectivity index (χ3n) is 6.86. The first-order valence-electron chi connectivity index (χ1n) is 12.4. The highest BCUT2D eigenvalue weighted by Gasteiger charge is 2.26. The predicted molar refractivity (Wildman–Crippen MR) is 146 cm³/mol. The van der Waals surface area contributed by atoms with Crippen LogP contribution < -0.4 is 11.1 Å². The molecule has 3 N–H and O–H groups in total. The summed E-state index contributed by atoms with van der Waals surface area (Å²) in [6, 6.07) is 15.9. The Bertz CT molecular complexity index is 1600. The van der Waals surface area contributed by atoms with Crippen LogP contribution in [0.25, 0.3) is 11.3 Å². The molecule has 0 radical (unpaired) electrons. The summed E-state index contributed by atoms with van der Waals surface area (Å²) in [5, 5.41) is 3.57. The zero-order valence-electron chi connectivity index (χ0n) is 20.7. The molecule has 1 fully saturated rings. The molecule has 196 valence electrons. The van der Waals surface area contributed by atoms with Gasteiger partial charge in [0.1, 0.15) is 11.6 Å². The second-order valence-electron chi connectivity index (χ2n) is 9.52. The van der Waals surface area contributed by atoms with Crippen LogP contribution in [0.5, 0.6) is 0 Å². The van der Waals surface area contributed by atoms with Crippen molar-refractivity contribution in [3.63, 3.8) is 0 Å². The molecule has 1 aromatic heterocycles. The topological polar surface area (TPSA) is 96.5 Å². The number of anilines is 2. The molecule has 4 aromatic rings. The summed E-state index contributed by atoms with van der Waals surface area (Å²) in [5.74, 6) is -1.16. The number of aliphatic imine (C=N–C) groups is 1. The average Bonchev–Trinajstić information content (AvgIpc) is 3.30. The molecular formula is C29H23ClF2N6O. The molecule has 2 aliphatic heterocycles. The Morgan fingerprint density at radius 2 is 1.82 bits per heavy atom. The van der Waals surface area contributed by atoms with Gasteiger partial charge in [-0.05, 0) is 55.0 Å². The van der Waals surface area contributed by atoms with E-state index in [-0.39, 0.29) is 29.8 Å². The highest BCUT2D eigenvalue weighted by atomic mass is 35.5. The van der Waals surface area contributed by atoms with Crippen molar-refractivity contribution >= 4 is 34.9 Å². The van der Waals surface area contributed by atoms with E-state index >= 15 is 0 Å². The van der Waals surface area contributed by atoms with E-state index in [0.29, 0.717) is 57.7 Å². The van der Waals surface area contributed by atoms with Crippen LogP contribution in [-0.4, -0.2) is 45.6 Å². The molecule has 3 aromatic carbocycles. The fourth-order valence-electron chi connectivity index (χ4n) is 4.90. The first kappa shape index (κ1) is 25.1. The van der Waals surface area contributed by atoms with Crippen molar-refractivity contribution in [2.24, 2.45) is 10.7 Å². The number of likely N-dealkylation sites (tertiary alicyclic amines) is 1. The van der Waals surface area contributed by atoms with Crippen LogP contribution in [0, 0.1) is 11.6 Å². The van der Waals surface area contributed by atoms with Gasteiger partial charge >= 0.3 is 0 Å². The fraction of sp³-hybridized carbons (Fsp3) is 0.172. The van der Waals surface area contributed by atoms with Crippen LogP contribution in [0.1, 0.15) is 33.5 Å². The van der Waals surface area contributed by atoms with Gasteiger partial charge in [0.2, 0.25) is 5.95 Å². The molecule has 1 atom stereocenters. The van der Waals surface area contributed by atoms with E-state index in [1.165, 1.54) is 18.2 Å². The highest BCUT2D eigenvalue weighted by molar-refractivity contribution is 6.31. The molecule has 3 heterocycles. The van der Waals surface area contributed by atoms with Crippen molar-refractivity contribution in [2.45, 2.75) is 19.0 Å².